The van der Waals surface area contributed by atoms with E-state index in [0.717, 1.165) is 25.8 Å². The number of carbonyl (C=O) groups excluding carboxylic acids is 3. The van der Waals surface area contributed by atoms with Crippen molar-refractivity contribution in [3.63, 3.8) is 0 Å². The second-order valence-electron chi connectivity index (χ2n) is 8.99. The number of hydrogen-bond donors (Lipinski definition) is 6. The summed E-state index contributed by atoms with van der Waals surface area (Å²) in [7, 11) is 0. The molecule has 0 radical (unpaired) electrons. The number of amides is 2. The molecule has 2 amide bonds. The first-order valence-corrected chi connectivity index (χ1v) is 13.7. The molecular formula is C26H37N3O10S. The normalized spacial score (nSPS) is 20.3. The summed E-state index contributed by atoms with van der Waals surface area (Å²) in [5, 5.41) is 36.6. The molecule has 1 saturated heterocycles. The molecule has 6 N–H and O–H groups in total. The minimum absolute atomic E-state index is 0.0206. The number of rotatable bonds is 17. The van der Waals surface area contributed by atoms with Gasteiger partial charge in [0, 0.05) is 39.3 Å². The van der Waals surface area contributed by atoms with Gasteiger partial charge in [0.2, 0.25) is 18.1 Å². The molecule has 2 rings (SSSR count). The molecule has 4 atom stereocenters. The molecule has 1 aromatic rings. The van der Waals surface area contributed by atoms with Gasteiger partial charge in [-0.15, -0.1) is 0 Å². The smallest absolute Gasteiger partial charge is 0.333 e. The number of esters is 1. The van der Waals surface area contributed by atoms with Gasteiger partial charge < -0.3 is 40.2 Å². The van der Waals surface area contributed by atoms with E-state index in [1.807, 2.05) is 0 Å². The topological polar surface area (TPSA) is 193 Å². The number of aliphatic hydroxyl groups is 2. The van der Waals surface area contributed by atoms with Crippen LogP contribution in [0.15, 0.2) is 30.2 Å². The number of aliphatic carboxylic acids is 1. The van der Waals surface area contributed by atoms with Crippen molar-refractivity contribution < 1.29 is 48.7 Å². The molecule has 0 bridgehead atoms. The second-order valence-corrected chi connectivity index (χ2v) is 9.85. The van der Waals surface area contributed by atoms with Crippen molar-refractivity contribution in [1.29, 1.82) is 0 Å². The van der Waals surface area contributed by atoms with Crippen LogP contribution in [0.3, 0.4) is 0 Å². The molecule has 0 spiro atoms. The molecule has 1 fully saturated rings. The number of ether oxygens (including phenoxy) is 3. The van der Waals surface area contributed by atoms with Gasteiger partial charge in [-0.3, -0.25) is 19.1 Å². The van der Waals surface area contributed by atoms with Crippen molar-refractivity contribution in [1.82, 2.24) is 10.0 Å². The Morgan fingerprint density at radius 3 is 2.60 bits per heavy atom. The Labute approximate surface area is 236 Å². The molecule has 0 aliphatic carbocycles. The van der Waals surface area contributed by atoms with Crippen molar-refractivity contribution in [2.24, 2.45) is 0 Å². The minimum atomic E-state index is -1.54. The maximum atomic E-state index is 12.6. The third-order valence-electron chi connectivity index (χ3n) is 5.73. The maximum absolute atomic E-state index is 12.6. The fourth-order valence-corrected chi connectivity index (χ4v) is 4.05. The zero-order valence-electron chi connectivity index (χ0n) is 22.3. The summed E-state index contributed by atoms with van der Waals surface area (Å²) < 4.78 is 19.1. The highest BCUT2D eigenvalue weighted by Gasteiger charge is 2.41. The largest absolute Gasteiger partial charge is 0.479 e. The number of nitrogens with one attached hydrogen (secondary N) is 3. The lowest BCUT2D eigenvalue weighted by Crippen LogP contribution is -2.52. The van der Waals surface area contributed by atoms with E-state index in [1.165, 1.54) is 31.0 Å². The van der Waals surface area contributed by atoms with Crippen LogP contribution in [0.2, 0.25) is 0 Å². The van der Waals surface area contributed by atoms with Crippen molar-refractivity contribution in [2.45, 2.75) is 76.7 Å². The van der Waals surface area contributed by atoms with Crippen molar-refractivity contribution in [3.8, 4) is 5.75 Å². The number of benzene rings is 1. The fourth-order valence-electron chi connectivity index (χ4n) is 3.67. The van der Waals surface area contributed by atoms with Gasteiger partial charge in [-0.05, 0) is 35.9 Å². The molecule has 13 nitrogen and oxygen atoms in total. The summed E-state index contributed by atoms with van der Waals surface area (Å²) in [5.41, 5.74) is 0.643. The van der Waals surface area contributed by atoms with Crippen LogP contribution in [0.5, 0.6) is 5.75 Å². The molecule has 1 heterocycles. The van der Waals surface area contributed by atoms with Gasteiger partial charge in [0.1, 0.15) is 18.5 Å². The van der Waals surface area contributed by atoms with Gasteiger partial charge in [0.05, 0.1) is 11.8 Å². The number of aliphatic hydroxyl groups excluding tert-OH is 2. The van der Waals surface area contributed by atoms with Crippen LogP contribution in [0.1, 0.15) is 51.0 Å². The van der Waals surface area contributed by atoms with Crippen molar-refractivity contribution in [2.75, 3.05) is 18.4 Å². The number of carboxylic acid groups (broad SMARTS) is 1. The van der Waals surface area contributed by atoms with Gasteiger partial charge >= 0.3 is 11.9 Å². The van der Waals surface area contributed by atoms with Crippen LogP contribution in [0, 0.1) is 0 Å². The average Bonchev–Trinajstić information content (AvgIpc) is 2.90. The first kappa shape index (κ1) is 33.0. The lowest BCUT2D eigenvalue weighted by molar-refractivity contribution is -0.238. The summed E-state index contributed by atoms with van der Waals surface area (Å²) in [5.74, 6) is -2.44. The molecule has 222 valence electrons. The van der Waals surface area contributed by atoms with Gasteiger partial charge in [0.25, 0.3) is 0 Å². The number of anilines is 1. The van der Waals surface area contributed by atoms with Crippen LogP contribution in [-0.2, 0) is 35.3 Å². The van der Waals surface area contributed by atoms with Crippen LogP contribution < -0.4 is 20.1 Å². The Kier molecular flexibility index (Phi) is 14.5. The Balaban J connectivity index is 1.95. The summed E-state index contributed by atoms with van der Waals surface area (Å²) in [6.45, 7) is 5.68. The molecule has 0 aromatic heterocycles. The standard InChI is InChI=1S/C26H37N3O10S/c1-3-40-28-11-6-4-5-7-22(32)27-12-10-23(33)29-18-13-17(15-37-16(2)30)8-9-20(18)38-26-24(34)19(31)14-21(39-26)25(35)36/h3,8-9,13,19,21,24,26,28,31,34H,1,4-7,10-12,14-15H2,2H3,(H,27,32)(H,29,33)(H,35,36)/t19?,21-,24+,26?/m0/s1. The minimum Gasteiger partial charge on any atom is -0.479 e. The van der Waals surface area contributed by atoms with Crippen LogP contribution in [-0.4, -0.2) is 76.8 Å². The van der Waals surface area contributed by atoms with E-state index in [9.17, 15) is 34.5 Å². The highest BCUT2D eigenvalue weighted by Crippen LogP contribution is 2.31. The first-order valence-electron chi connectivity index (χ1n) is 12.8. The van der Waals surface area contributed by atoms with Crippen LogP contribution in [0.4, 0.5) is 5.69 Å². The van der Waals surface area contributed by atoms with E-state index in [2.05, 4.69) is 21.9 Å². The Morgan fingerprint density at radius 1 is 1.12 bits per heavy atom. The molecular weight excluding hydrogens is 546 g/mol. The fraction of sp³-hybridized carbons (Fsp3) is 0.538. The lowest BCUT2D eigenvalue weighted by Gasteiger charge is -2.35. The average molecular weight is 584 g/mol. The van der Waals surface area contributed by atoms with E-state index >= 15 is 0 Å². The maximum Gasteiger partial charge on any atom is 0.333 e. The van der Waals surface area contributed by atoms with E-state index < -0.39 is 42.4 Å². The lowest BCUT2D eigenvalue weighted by atomic mass is 10.0. The molecule has 1 aliphatic rings. The van der Waals surface area contributed by atoms with E-state index in [4.69, 9.17) is 14.2 Å². The first-order chi connectivity index (χ1) is 19.1. The number of unbranched alkanes of at least 4 members (excludes halogenated alkanes) is 2. The monoisotopic (exact) mass is 583 g/mol. The zero-order chi connectivity index (χ0) is 29.5. The van der Waals surface area contributed by atoms with Crippen LogP contribution in [0.25, 0.3) is 0 Å². The highest BCUT2D eigenvalue weighted by molar-refractivity contribution is 8.00. The third-order valence-corrected chi connectivity index (χ3v) is 6.27. The SMILES string of the molecule is C=CSNCCCCCC(=O)NCCC(=O)Nc1cc(COC(C)=O)ccc1OC1O[C@H](C(=O)O)CC(O)[C@H]1O. The summed E-state index contributed by atoms with van der Waals surface area (Å²) in [6, 6.07) is 4.45. The summed E-state index contributed by atoms with van der Waals surface area (Å²) in [4.78, 5) is 47.2. The molecule has 1 aromatic carbocycles. The zero-order valence-corrected chi connectivity index (χ0v) is 23.1. The molecule has 40 heavy (non-hydrogen) atoms. The van der Waals surface area contributed by atoms with Gasteiger partial charge in [-0.25, -0.2) is 4.79 Å². The molecule has 0 saturated carbocycles. The van der Waals surface area contributed by atoms with Gasteiger partial charge in [-0.2, -0.15) is 0 Å². The van der Waals surface area contributed by atoms with Crippen molar-refractivity contribution >= 4 is 41.4 Å². The molecule has 14 heteroatoms. The van der Waals surface area contributed by atoms with E-state index in [-0.39, 0.29) is 43.3 Å². The predicted molar refractivity (Wildman–Crippen MR) is 146 cm³/mol. The molecule has 1 aliphatic heterocycles. The van der Waals surface area contributed by atoms with E-state index in [1.54, 1.807) is 11.5 Å². The Morgan fingerprint density at radius 2 is 1.90 bits per heavy atom. The summed E-state index contributed by atoms with van der Waals surface area (Å²) in [6.07, 6.45) is -3.37. The Hall–Kier alpha value is -3.17. The van der Waals surface area contributed by atoms with Crippen molar-refractivity contribution in [3.05, 3.63) is 35.7 Å². The number of carboxylic acids is 1. The van der Waals surface area contributed by atoms with E-state index in [0.29, 0.717) is 12.0 Å². The second kappa shape index (κ2) is 17.5. The third kappa shape index (κ3) is 11.9. The summed E-state index contributed by atoms with van der Waals surface area (Å²) >= 11 is 1.42. The molecule has 2 unspecified atom stereocenters. The Bertz CT molecular complexity index is 1020. The quantitative estimate of drug-likeness (QED) is 0.0879. The highest BCUT2D eigenvalue weighted by atomic mass is 32.2. The van der Waals surface area contributed by atoms with Gasteiger partial charge in [-0.1, -0.05) is 31.0 Å². The predicted octanol–water partition coefficient (Wildman–Crippen LogP) is 1.44. The van der Waals surface area contributed by atoms with Gasteiger partial charge in [0.15, 0.2) is 6.10 Å². The number of carbonyl (C=O) groups is 4. The van der Waals surface area contributed by atoms with Crippen LogP contribution >= 0.6 is 11.9 Å². The number of hydrogen-bond acceptors (Lipinski definition) is 11.